The lowest BCUT2D eigenvalue weighted by molar-refractivity contribution is 0.146. The van der Waals surface area contributed by atoms with Gasteiger partial charge in [0.15, 0.2) is 0 Å². The van der Waals surface area contributed by atoms with Gasteiger partial charge in [-0.3, -0.25) is 0 Å². The molecule has 0 saturated carbocycles. The Morgan fingerprint density at radius 2 is 1.74 bits per heavy atom. The first kappa shape index (κ1) is 16.1. The smallest absolute Gasteiger partial charge is 0.131 e. The van der Waals surface area contributed by atoms with Crippen molar-refractivity contribution in [2.24, 2.45) is 0 Å². The minimum Gasteiger partial charge on any atom is -0.387 e. The van der Waals surface area contributed by atoms with Crippen LogP contribution in [-0.4, -0.2) is 17.2 Å². The molecule has 1 aromatic carbocycles. The van der Waals surface area contributed by atoms with Crippen molar-refractivity contribution >= 4 is 0 Å². The van der Waals surface area contributed by atoms with Gasteiger partial charge in [0.2, 0.25) is 0 Å². The van der Waals surface area contributed by atoms with E-state index in [4.69, 9.17) is 0 Å². The van der Waals surface area contributed by atoms with Crippen molar-refractivity contribution in [1.82, 2.24) is 5.32 Å². The van der Waals surface area contributed by atoms with Crippen LogP contribution in [0.4, 0.5) is 8.78 Å². The van der Waals surface area contributed by atoms with Crippen LogP contribution in [0.25, 0.3) is 0 Å². The Kier molecular flexibility index (Phi) is 5.88. The third-order valence-corrected chi connectivity index (χ3v) is 4.02. The number of hydrogen-bond donors (Lipinski definition) is 2. The van der Waals surface area contributed by atoms with Crippen LogP contribution in [0.2, 0.25) is 0 Å². The Balaban J connectivity index is 2.72. The van der Waals surface area contributed by atoms with Gasteiger partial charge in [0.05, 0.1) is 6.10 Å². The van der Waals surface area contributed by atoms with Gasteiger partial charge in [0, 0.05) is 23.7 Å². The first-order chi connectivity index (χ1) is 8.98. The van der Waals surface area contributed by atoms with Crippen molar-refractivity contribution in [1.29, 1.82) is 0 Å². The van der Waals surface area contributed by atoms with Crippen LogP contribution < -0.4 is 5.32 Å². The monoisotopic (exact) mass is 271 g/mol. The Morgan fingerprint density at radius 1 is 1.16 bits per heavy atom. The van der Waals surface area contributed by atoms with Crippen LogP contribution >= 0.6 is 0 Å². The average Bonchev–Trinajstić information content (AvgIpc) is 2.40. The van der Waals surface area contributed by atoms with Crippen molar-refractivity contribution < 1.29 is 13.9 Å². The molecular formula is C15H23F2NO. The van der Waals surface area contributed by atoms with Gasteiger partial charge in [-0.1, -0.05) is 26.8 Å². The summed E-state index contributed by atoms with van der Waals surface area (Å²) in [5, 5.41) is 13.3. The topological polar surface area (TPSA) is 32.3 Å². The van der Waals surface area contributed by atoms with Gasteiger partial charge in [-0.2, -0.15) is 0 Å². The quantitative estimate of drug-likeness (QED) is 0.794. The summed E-state index contributed by atoms with van der Waals surface area (Å²) in [5.41, 5.74) is 0.100. The zero-order valence-corrected chi connectivity index (χ0v) is 11.8. The molecule has 1 rings (SSSR count). The van der Waals surface area contributed by atoms with E-state index in [1.54, 1.807) is 0 Å². The largest absolute Gasteiger partial charge is 0.387 e. The second-order valence-electron chi connectivity index (χ2n) is 4.90. The van der Waals surface area contributed by atoms with E-state index in [0.29, 0.717) is 0 Å². The molecule has 1 aromatic rings. The molecule has 0 bridgehead atoms. The second-order valence-corrected chi connectivity index (χ2v) is 4.90. The summed E-state index contributed by atoms with van der Waals surface area (Å²) in [4.78, 5) is 0. The molecule has 19 heavy (non-hydrogen) atoms. The molecule has 0 heterocycles. The van der Waals surface area contributed by atoms with Gasteiger partial charge in [0.1, 0.15) is 11.6 Å². The summed E-state index contributed by atoms with van der Waals surface area (Å²) in [5.74, 6) is -1.34. The van der Waals surface area contributed by atoms with Crippen molar-refractivity contribution in [3.63, 3.8) is 0 Å². The Labute approximate surface area is 113 Å². The first-order valence-electron chi connectivity index (χ1n) is 6.86. The molecule has 0 aliphatic carbocycles. The minimum absolute atomic E-state index is 0.0303. The van der Waals surface area contributed by atoms with Crippen LogP contribution in [0.5, 0.6) is 0 Å². The minimum atomic E-state index is -0.968. The van der Waals surface area contributed by atoms with E-state index in [0.717, 1.165) is 31.4 Å². The normalized spacial score (nSPS) is 13.6. The summed E-state index contributed by atoms with van der Waals surface area (Å²) in [6, 6.07) is 3.25. The molecule has 0 aromatic heterocycles. The summed E-state index contributed by atoms with van der Waals surface area (Å²) in [6.07, 6.45) is 1.86. The lowest BCUT2D eigenvalue weighted by Gasteiger charge is -2.33. The fourth-order valence-corrected chi connectivity index (χ4v) is 2.32. The predicted octanol–water partition coefficient (Wildman–Crippen LogP) is 3.56. The maximum Gasteiger partial charge on any atom is 0.131 e. The van der Waals surface area contributed by atoms with E-state index in [2.05, 4.69) is 26.1 Å². The van der Waals surface area contributed by atoms with Crippen molar-refractivity contribution in [2.75, 3.05) is 6.54 Å². The predicted molar refractivity (Wildman–Crippen MR) is 72.9 cm³/mol. The van der Waals surface area contributed by atoms with Crippen LogP contribution in [0.3, 0.4) is 0 Å². The highest BCUT2D eigenvalue weighted by Crippen LogP contribution is 2.22. The lowest BCUT2D eigenvalue weighted by Crippen LogP contribution is -2.45. The number of rotatable bonds is 7. The number of aliphatic hydroxyl groups is 1. The Bertz CT molecular complexity index is 397. The molecule has 0 saturated heterocycles. The average molecular weight is 271 g/mol. The molecule has 108 valence electrons. The first-order valence-corrected chi connectivity index (χ1v) is 6.86. The zero-order valence-electron chi connectivity index (χ0n) is 11.8. The van der Waals surface area contributed by atoms with Crippen molar-refractivity contribution in [2.45, 2.75) is 51.7 Å². The van der Waals surface area contributed by atoms with Gasteiger partial charge in [0.25, 0.3) is 0 Å². The molecule has 0 aliphatic heterocycles. The second kappa shape index (κ2) is 6.96. The van der Waals surface area contributed by atoms with E-state index in [1.165, 1.54) is 6.07 Å². The summed E-state index contributed by atoms with van der Waals surface area (Å²) < 4.78 is 26.4. The van der Waals surface area contributed by atoms with Gasteiger partial charge in [-0.15, -0.1) is 0 Å². The fraction of sp³-hybridized carbons (Fsp3) is 0.600. The van der Waals surface area contributed by atoms with E-state index >= 15 is 0 Å². The summed E-state index contributed by atoms with van der Waals surface area (Å²) in [7, 11) is 0. The van der Waals surface area contributed by atoms with Crippen molar-refractivity contribution in [3.8, 4) is 0 Å². The molecule has 4 heteroatoms. The highest BCUT2D eigenvalue weighted by Gasteiger charge is 2.24. The van der Waals surface area contributed by atoms with Crippen LogP contribution in [0, 0.1) is 11.6 Å². The maximum absolute atomic E-state index is 13.5. The third kappa shape index (κ3) is 3.98. The number of β-amino-alcohol motifs (C(OH)–C–C–N with tert-alkyl or cyclic N) is 1. The van der Waals surface area contributed by atoms with Gasteiger partial charge in [-0.05, 0) is 25.3 Å². The van der Waals surface area contributed by atoms with Crippen molar-refractivity contribution in [3.05, 3.63) is 35.4 Å². The Morgan fingerprint density at radius 3 is 2.21 bits per heavy atom. The summed E-state index contributed by atoms with van der Waals surface area (Å²) >= 11 is 0. The lowest BCUT2D eigenvalue weighted by atomic mass is 9.89. The fourth-order valence-electron chi connectivity index (χ4n) is 2.32. The number of nitrogens with one attached hydrogen (secondary N) is 1. The van der Waals surface area contributed by atoms with E-state index in [9.17, 15) is 13.9 Å². The number of benzene rings is 1. The maximum atomic E-state index is 13.5. The van der Waals surface area contributed by atoms with Crippen LogP contribution in [0.15, 0.2) is 18.2 Å². The molecule has 1 unspecified atom stereocenters. The standard InChI is InChI=1S/C15H23F2NO/c1-4-15(5-2,6-3)18-10-14(19)12-8-7-11(16)9-13(12)17/h7-9,14,18-19H,4-6,10H2,1-3H3. The van der Waals surface area contributed by atoms with Gasteiger partial charge < -0.3 is 10.4 Å². The highest BCUT2D eigenvalue weighted by molar-refractivity contribution is 5.21. The SMILES string of the molecule is CCC(CC)(CC)NCC(O)c1ccc(F)cc1F. The van der Waals surface area contributed by atoms with E-state index in [1.807, 2.05) is 0 Å². The third-order valence-electron chi connectivity index (χ3n) is 4.02. The molecular weight excluding hydrogens is 248 g/mol. The molecule has 0 spiro atoms. The van der Waals surface area contributed by atoms with Crippen LogP contribution in [-0.2, 0) is 0 Å². The Hall–Kier alpha value is -1.00. The molecule has 1 atom stereocenters. The molecule has 2 N–H and O–H groups in total. The van der Waals surface area contributed by atoms with E-state index in [-0.39, 0.29) is 17.6 Å². The van der Waals surface area contributed by atoms with Gasteiger partial charge in [-0.25, -0.2) is 8.78 Å². The zero-order chi connectivity index (χ0) is 14.5. The number of aliphatic hydroxyl groups excluding tert-OH is 1. The molecule has 0 aliphatic rings. The number of hydrogen-bond acceptors (Lipinski definition) is 2. The van der Waals surface area contributed by atoms with Crippen LogP contribution in [0.1, 0.15) is 51.7 Å². The molecule has 0 fully saturated rings. The summed E-state index contributed by atoms with van der Waals surface area (Å²) in [6.45, 7) is 6.53. The van der Waals surface area contributed by atoms with Gasteiger partial charge >= 0.3 is 0 Å². The molecule has 2 nitrogen and oxygen atoms in total. The van der Waals surface area contributed by atoms with E-state index < -0.39 is 17.7 Å². The highest BCUT2D eigenvalue weighted by atomic mass is 19.1. The molecule has 0 radical (unpaired) electrons. The number of halogens is 2. The molecule has 0 amide bonds.